The summed E-state index contributed by atoms with van der Waals surface area (Å²) in [5.74, 6) is 0.690. The van der Waals surface area contributed by atoms with Crippen molar-refractivity contribution >= 4 is 5.95 Å². The molecule has 5 nitrogen and oxygen atoms in total. The summed E-state index contributed by atoms with van der Waals surface area (Å²) in [6, 6.07) is 0. The van der Waals surface area contributed by atoms with Gasteiger partial charge in [0.25, 0.3) is 0 Å². The average molecular weight is 266 g/mol. The number of unbranched alkanes of at least 4 members (excludes halogenated alkanes) is 1. The minimum atomic E-state index is 0.690. The van der Waals surface area contributed by atoms with E-state index in [4.69, 9.17) is 4.74 Å². The maximum atomic E-state index is 5.50. The molecule has 0 fully saturated rings. The predicted molar refractivity (Wildman–Crippen MR) is 78.2 cm³/mol. The molecule has 1 rings (SSSR count). The first kappa shape index (κ1) is 15.9. The molecule has 0 unspecified atom stereocenters. The van der Waals surface area contributed by atoms with Crippen LogP contribution >= 0.6 is 0 Å². The van der Waals surface area contributed by atoms with Gasteiger partial charge in [-0.2, -0.15) is 0 Å². The molecule has 0 bridgehead atoms. The van der Waals surface area contributed by atoms with E-state index in [0.717, 1.165) is 51.3 Å². The Balaban J connectivity index is 2.02. The number of rotatable bonds is 11. The zero-order chi connectivity index (χ0) is 13.8. The lowest BCUT2D eigenvalue weighted by atomic mass is 10.3. The second-order valence-corrected chi connectivity index (χ2v) is 4.44. The summed E-state index contributed by atoms with van der Waals surface area (Å²) >= 11 is 0. The van der Waals surface area contributed by atoms with Gasteiger partial charge in [-0.15, -0.1) is 0 Å². The summed E-state index contributed by atoms with van der Waals surface area (Å²) in [6.45, 7) is 8.53. The Morgan fingerprint density at radius 3 is 2.53 bits per heavy atom. The first-order valence-corrected chi connectivity index (χ1v) is 7.20. The minimum absolute atomic E-state index is 0.690. The normalized spacial score (nSPS) is 10.6. The first-order chi connectivity index (χ1) is 9.36. The highest BCUT2D eigenvalue weighted by molar-refractivity contribution is 5.24. The third kappa shape index (κ3) is 7.74. The minimum Gasteiger partial charge on any atom is -0.381 e. The van der Waals surface area contributed by atoms with E-state index in [9.17, 15) is 0 Å². The third-order valence-corrected chi connectivity index (χ3v) is 2.65. The van der Waals surface area contributed by atoms with E-state index < -0.39 is 0 Å². The van der Waals surface area contributed by atoms with E-state index in [0.29, 0.717) is 5.95 Å². The fourth-order valence-corrected chi connectivity index (χ4v) is 1.58. The van der Waals surface area contributed by atoms with Crippen LogP contribution in [-0.2, 0) is 11.3 Å². The van der Waals surface area contributed by atoms with Crippen LogP contribution in [0.5, 0.6) is 0 Å². The lowest BCUT2D eigenvalue weighted by molar-refractivity contribution is 0.129. The molecule has 19 heavy (non-hydrogen) atoms. The van der Waals surface area contributed by atoms with Gasteiger partial charge in [-0.1, -0.05) is 13.3 Å². The van der Waals surface area contributed by atoms with Crippen molar-refractivity contribution in [2.24, 2.45) is 0 Å². The zero-order valence-electron chi connectivity index (χ0n) is 12.1. The number of nitrogens with zero attached hydrogens (tertiary/aromatic N) is 2. The van der Waals surface area contributed by atoms with Crippen molar-refractivity contribution in [3.8, 4) is 0 Å². The monoisotopic (exact) mass is 266 g/mol. The number of aromatic nitrogens is 2. The van der Waals surface area contributed by atoms with Gasteiger partial charge in [-0.3, -0.25) is 0 Å². The number of hydrogen-bond acceptors (Lipinski definition) is 5. The molecule has 0 saturated carbocycles. The fraction of sp³-hybridized carbons (Fsp3) is 0.714. The molecule has 0 atom stereocenters. The Hall–Kier alpha value is -1.20. The second kappa shape index (κ2) is 10.7. The molecule has 0 aliphatic rings. The molecule has 0 aromatic carbocycles. The van der Waals surface area contributed by atoms with Crippen LogP contribution < -0.4 is 10.6 Å². The van der Waals surface area contributed by atoms with E-state index >= 15 is 0 Å². The van der Waals surface area contributed by atoms with Crippen molar-refractivity contribution < 1.29 is 4.74 Å². The SMILES string of the molecule is CCCCOCCCNCc1cnc(NCC)nc1. The van der Waals surface area contributed by atoms with E-state index in [-0.39, 0.29) is 0 Å². The van der Waals surface area contributed by atoms with Crippen molar-refractivity contribution in [2.75, 3.05) is 31.6 Å². The molecule has 0 spiro atoms. The van der Waals surface area contributed by atoms with Gasteiger partial charge in [0.05, 0.1) is 0 Å². The van der Waals surface area contributed by atoms with E-state index in [2.05, 4.69) is 27.5 Å². The first-order valence-electron chi connectivity index (χ1n) is 7.20. The Kier molecular flexibility index (Phi) is 8.93. The molecule has 0 aliphatic heterocycles. The molecule has 5 heteroatoms. The Labute approximate surface area is 116 Å². The summed E-state index contributed by atoms with van der Waals surface area (Å²) in [7, 11) is 0. The maximum absolute atomic E-state index is 5.50. The van der Waals surface area contributed by atoms with Gasteiger partial charge in [0.1, 0.15) is 0 Å². The molecule has 1 heterocycles. The predicted octanol–water partition coefficient (Wildman–Crippen LogP) is 2.20. The summed E-state index contributed by atoms with van der Waals surface area (Å²) in [6.07, 6.45) is 7.11. The van der Waals surface area contributed by atoms with Gasteiger partial charge in [0, 0.05) is 44.3 Å². The van der Waals surface area contributed by atoms with Gasteiger partial charge in [0.15, 0.2) is 0 Å². The van der Waals surface area contributed by atoms with Crippen LogP contribution in [0.2, 0.25) is 0 Å². The van der Waals surface area contributed by atoms with Crippen molar-refractivity contribution in [3.05, 3.63) is 18.0 Å². The van der Waals surface area contributed by atoms with E-state index in [1.807, 2.05) is 19.3 Å². The number of nitrogens with one attached hydrogen (secondary N) is 2. The summed E-state index contributed by atoms with van der Waals surface area (Å²) < 4.78 is 5.50. The lowest BCUT2D eigenvalue weighted by Crippen LogP contribution is -2.17. The molecule has 0 saturated heterocycles. The van der Waals surface area contributed by atoms with Crippen LogP contribution in [0.15, 0.2) is 12.4 Å². The molecular weight excluding hydrogens is 240 g/mol. The van der Waals surface area contributed by atoms with Crippen LogP contribution in [0, 0.1) is 0 Å². The van der Waals surface area contributed by atoms with Crippen LogP contribution in [0.1, 0.15) is 38.7 Å². The molecule has 0 amide bonds. The molecule has 1 aromatic rings. The second-order valence-electron chi connectivity index (χ2n) is 4.44. The Morgan fingerprint density at radius 2 is 1.84 bits per heavy atom. The van der Waals surface area contributed by atoms with Gasteiger partial charge >= 0.3 is 0 Å². The standard InChI is InChI=1S/C14H26N4O/c1-3-5-8-19-9-6-7-15-10-13-11-17-14(16-4-2)18-12-13/h11-12,15H,3-10H2,1-2H3,(H,16,17,18). The molecule has 0 aliphatic carbocycles. The topological polar surface area (TPSA) is 59.1 Å². The number of hydrogen-bond donors (Lipinski definition) is 2. The van der Waals surface area contributed by atoms with Gasteiger partial charge < -0.3 is 15.4 Å². The highest BCUT2D eigenvalue weighted by Crippen LogP contribution is 1.99. The zero-order valence-corrected chi connectivity index (χ0v) is 12.1. The largest absolute Gasteiger partial charge is 0.381 e. The number of ether oxygens (including phenoxy) is 1. The van der Waals surface area contributed by atoms with Crippen LogP contribution in [0.25, 0.3) is 0 Å². The fourth-order valence-electron chi connectivity index (χ4n) is 1.58. The van der Waals surface area contributed by atoms with Crippen molar-refractivity contribution in [2.45, 2.75) is 39.7 Å². The smallest absolute Gasteiger partial charge is 0.222 e. The van der Waals surface area contributed by atoms with E-state index in [1.165, 1.54) is 6.42 Å². The van der Waals surface area contributed by atoms with Gasteiger partial charge in [-0.05, 0) is 26.3 Å². The molecule has 0 radical (unpaired) electrons. The highest BCUT2D eigenvalue weighted by Gasteiger charge is 1.96. The summed E-state index contributed by atoms with van der Waals surface area (Å²) in [4.78, 5) is 8.46. The van der Waals surface area contributed by atoms with Crippen LogP contribution in [-0.4, -0.2) is 36.3 Å². The highest BCUT2D eigenvalue weighted by atomic mass is 16.5. The van der Waals surface area contributed by atoms with Crippen molar-refractivity contribution in [1.29, 1.82) is 0 Å². The van der Waals surface area contributed by atoms with E-state index in [1.54, 1.807) is 0 Å². The van der Waals surface area contributed by atoms with Crippen molar-refractivity contribution in [1.82, 2.24) is 15.3 Å². The Morgan fingerprint density at radius 1 is 1.11 bits per heavy atom. The molecule has 2 N–H and O–H groups in total. The third-order valence-electron chi connectivity index (χ3n) is 2.65. The van der Waals surface area contributed by atoms with Gasteiger partial charge in [0.2, 0.25) is 5.95 Å². The van der Waals surface area contributed by atoms with Gasteiger partial charge in [-0.25, -0.2) is 9.97 Å². The molecular formula is C14H26N4O. The quantitative estimate of drug-likeness (QED) is 0.601. The lowest BCUT2D eigenvalue weighted by Gasteiger charge is -2.06. The number of anilines is 1. The summed E-state index contributed by atoms with van der Waals surface area (Å²) in [5, 5.41) is 6.44. The molecule has 108 valence electrons. The van der Waals surface area contributed by atoms with Crippen LogP contribution in [0.4, 0.5) is 5.95 Å². The average Bonchev–Trinajstić information content (AvgIpc) is 2.44. The van der Waals surface area contributed by atoms with Crippen molar-refractivity contribution in [3.63, 3.8) is 0 Å². The molecule has 1 aromatic heterocycles. The summed E-state index contributed by atoms with van der Waals surface area (Å²) in [5.41, 5.74) is 1.11. The van der Waals surface area contributed by atoms with Crippen LogP contribution in [0.3, 0.4) is 0 Å². The maximum Gasteiger partial charge on any atom is 0.222 e. The Bertz CT molecular complexity index is 316.